The number of thioether (sulfide) groups is 1. The molecule has 0 spiro atoms. The molecule has 0 aromatic heterocycles. The van der Waals surface area contributed by atoms with Crippen molar-refractivity contribution in [1.29, 1.82) is 0 Å². The number of anilines is 1. The molecule has 0 saturated carbocycles. The molecule has 0 amide bonds. The summed E-state index contributed by atoms with van der Waals surface area (Å²) in [5.41, 5.74) is 2.60. The molecule has 1 N–H and O–H groups in total. The van der Waals surface area contributed by atoms with Gasteiger partial charge in [-0.1, -0.05) is 19.9 Å². The molecular weight excluding hydrogens is 332 g/mol. The molecular formula is C16H27BrN2S. The Morgan fingerprint density at radius 3 is 2.55 bits per heavy atom. The molecule has 1 rings (SSSR count). The predicted molar refractivity (Wildman–Crippen MR) is 97.1 cm³/mol. The van der Waals surface area contributed by atoms with Gasteiger partial charge in [0.2, 0.25) is 0 Å². The van der Waals surface area contributed by atoms with E-state index in [1.54, 1.807) is 0 Å². The molecule has 1 aromatic carbocycles. The number of nitrogens with zero attached hydrogens (tertiary/aromatic N) is 1. The molecule has 0 heterocycles. The number of benzene rings is 1. The lowest BCUT2D eigenvalue weighted by Gasteiger charge is -2.30. The van der Waals surface area contributed by atoms with Gasteiger partial charge < -0.3 is 10.2 Å². The van der Waals surface area contributed by atoms with Crippen LogP contribution in [-0.2, 0) is 0 Å². The summed E-state index contributed by atoms with van der Waals surface area (Å²) in [5, 5.41) is 3.45. The Balaban J connectivity index is 2.91. The van der Waals surface area contributed by atoms with Gasteiger partial charge in [-0.2, -0.15) is 11.8 Å². The minimum absolute atomic E-state index is 0.392. The summed E-state index contributed by atoms with van der Waals surface area (Å²) >= 11 is 5.65. The molecule has 2 atom stereocenters. The molecule has 0 saturated heterocycles. The van der Waals surface area contributed by atoms with Gasteiger partial charge >= 0.3 is 0 Å². The van der Waals surface area contributed by atoms with Crippen LogP contribution in [0.3, 0.4) is 0 Å². The standard InChI is InChI=1S/C16H27BrN2S/c1-6-14(11-20-5)19(4)16-9-8-13(10-15(16)17)12(3)18-7-2/h8-10,12,14,18H,6-7,11H2,1-5H3. The Kier molecular flexibility index (Phi) is 8.00. The predicted octanol–water partition coefficient (Wildman–Crippen LogP) is 4.70. The number of hydrogen-bond donors (Lipinski definition) is 1. The summed E-state index contributed by atoms with van der Waals surface area (Å²) in [4.78, 5) is 2.39. The van der Waals surface area contributed by atoms with Crippen LogP contribution in [0.15, 0.2) is 22.7 Å². The zero-order valence-electron chi connectivity index (χ0n) is 13.2. The van der Waals surface area contributed by atoms with E-state index in [2.05, 4.69) is 78.4 Å². The maximum atomic E-state index is 3.74. The first-order chi connectivity index (χ1) is 9.54. The third kappa shape index (κ3) is 4.68. The summed E-state index contributed by atoms with van der Waals surface area (Å²) in [5.74, 6) is 1.16. The maximum absolute atomic E-state index is 3.74. The van der Waals surface area contributed by atoms with E-state index in [9.17, 15) is 0 Å². The number of hydrogen-bond acceptors (Lipinski definition) is 3. The van der Waals surface area contributed by atoms with Crippen molar-refractivity contribution in [3.8, 4) is 0 Å². The van der Waals surface area contributed by atoms with Crippen LogP contribution in [0.1, 0.15) is 38.8 Å². The van der Waals surface area contributed by atoms with Crippen LogP contribution < -0.4 is 10.2 Å². The van der Waals surface area contributed by atoms with Crippen LogP contribution in [0.2, 0.25) is 0 Å². The van der Waals surface area contributed by atoms with Gasteiger partial charge in [0.25, 0.3) is 0 Å². The number of nitrogens with one attached hydrogen (secondary N) is 1. The highest BCUT2D eigenvalue weighted by Crippen LogP contribution is 2.30. The molecule has 2 unspecified atom stereocenters. The second-order valence-corrected chi connectivity index (χ2v) is 6.88. The molecule has 0 bridgehead atoms. The highest BCUT2D eigenvalue weighted by molar-refractivity contribution is 9.10. The second kappa shape index (κ2) is 8.96. The van der Waals surface area contributed by atoms with Crippen molar-refractivity contribution >= 4 is 33.4 Å². The first-order valence-electron chi connectivity index (χ1n) is 7.29. The minimum atomic E-state index is 0.392. The van der Waals surface area contributed by atoms with E-state index >= 15 is 0 Å². The second-order valence-electron chi connectivity index (χ2n) is 5.12. The largest absolute Gasteiger partial charge is 0.370 e. The SMILES string of the molecule is CCNC(C)c1ccc(N(C)C(CC)CSC)c(Br)c1. The van der Waals surface area contributed by atoms with Crippen molar-refractivity contribution in [2.24, 2.45) is 0 Å². The fourth-order valence-corrected chi connectivity index (χ4v) is 3.92. The monoisotopic (exact) mass is 358 g/mol. The molecule has 0 aliphatic heterocycles. The highest BCUT2D eigenvalue weighted by Gasteiger charge is 2.16. The van der Waals surface area contributed by atoms with Crippen LogP contribution in [0, 0.1) is 0 Å². The van der Waals surface area contributed by atoms with Gasteiger partial charge in [-0.3, -0.25) is 0 Å². The lowest BCUT2D eigenvalue weighted by molar-refractivity contribution is 0.597. The average Bonchev–Trinajstić information content (AvgIpc) is 2.44. The molecule has 0 aliphatic rings. The van der Waals surface area contributed by atoms with Crippen molar-refractivity contribution in [2.75, 3.05) is 30.5 Å². The first kappa shape index (κ1) is 17.9. The van der Waals surface area contributed by atoms with E-state index in [-0.39, 0.29) is 0 Å². The smallest absolute Gasteiger partial charge is 0.0511 e. The molecule has 0 radical (unpaired) electrons. The summed E-state index contributed by atoms with van der Waals surface area (Å²) in [6.07, 6.45) is 3.34. The Labute approximate surface area is 136 Å². The van der Waals surface area contributed by atoms with Gasteiger partial charge in [-0.05, 0) is 59.8 Å². The Hall–Kier alpha value is -0.190. The van der Waals surface area contributed by atoms with E-state index in [4.69, 9.17) is 0 Å². The summed E-state index contributed by atoms with van der Waals surface area (Å²) in [6, 6.07) is 7.68. The van der Waals surface area contributed by atoms with Crippen molar-refractivity contribution in [1.82, 2.24) is 5.32 Å². The van der Waals surface area contributed by atoms with Crippen molar-refractivity contribution in [2.45, 2.75) is 39.3 Å². The normalized spacial score (nSPS) is 14.1. The van der Waals surface area contributed by atoms with Gasteiger partial charge in [0.1, 0.15) is 0 Å². The molecule has 0 fully saturated rings. The van der Waals surface area contributed by atoms with E-state index in [0.29, 0.717) is 12.1 Å². The zero-order chi connectivity index (χ0) is 15.1. The van der Waals surface area contributed by atoms with Crippen LogP contribution in [0.5, 0.6) is 0 Å². The molecule has 4 heteroatoms. The Morgan fingerprint density at radius 1 is 1.35 bits per heavy atom. The average molecular weight is 359 g/mol. The van der Waals surface area contributed by atoms with E-state index in [1.807, 2.05) is 11.8 Å². The van der Waals surface area contributed by atoms with Gasteiger partial charge in [-0.25, -0.2) is 0 Å². The molecule has 0 aliphatic carbocycles. The third-order valence-electron chi connectivity index (χ3n) is 3.74. The fourth-order valence-electron chi connectivity index (χ4n) is 2.40. The first-order valence-corrected chi connectivity index (χ1v) is 9.48. The van der Waals surface area contributed by atoms with E-state index in [0.717, 1.165) is 12.3 Å². The number of halogens is 1. The highest BCUT2D eigenvalue weighted by atomic mass is 79.9. The summed E-state index contributed by atoms with van der Waals surface area (Å²) in [6.45, 7) is 7.60. The topological polar surface area (TPSA) is 15.3 Å². The minimum Gasteiger partial charge on any atom is -0.370 e. The summed E-state index contributed by atoms with van der Waals surface area (Å²) in [7, 11) is 2.19. The number of rotatable bonds is 8. The van der Waals surface area contributed by atoms with Crippen LogP contribution in [0.4, 0.5) is 5.69 Å². The maximum Gasteiger partial charge on any atom is 0.0511 e. The Bertz CT molecular complexity index is 411. The van der Waals surface area contributed by atoms with Crippen molar-refractivity contribution in [3.63, 3.8) is 0 Å². The Morgan fingerprint density at radius 2 is 2.05 bits per heavy atom. The van der Waals surface area contributed by atoms with E-state index < -0.39 is 0 Å². The third-order valence-corrected chi connectivity index (χ3v) is 5.09. The van der Waals surface area contributed by atoms with Gasteiger partial charge in [0.05, 0.1) is 5.69 Å². The van der Waals surface area contributed by atoms with Gasteiger partial charge in [0.15, 0.2) is 0 Å². The molecule has 114 valence electrons. The van der Waals surface area contributed by atoms with E-state index in [1.165, 1.54) is 22.1 Å². The van der Waals surface area contributed by atoms with Gasteiger partial charge in [0, 0.05) is 29.4 Å². The molecule has 20 heavy (non-hydrogen) atoms. The fraction of sp³-hybridized carbons (Fsp3) is 0.625. The lowest BCUT2D eigenvalue weighted by atomic mass is 10.1. The molecule has 1 aromatic rings. The quantitative estimate of drug-likeness (QED) is 0.724. The summed E-state index contributed by atoms with van der Waals surface area (Å²) < 4.78 is 1.18. The van der Waals surface area contributed by atoms with Gasteiger partial charge in [-0.15, -0.1) is 0 Å². The lowest BCUT2D eigenvalue weighted by Crippen LogP contribution is -2.33. The van der Waals surface area contributed by atoms with Crippen molar-refractivity contribution < 1.29 is 0 Å². The van der Waals surface area contributed by atoms with Crippen LogP contribution in [0.25, 0.3) is 0 Å². The van der Waals surface area contributed by atoms with Crippen molar-refractivity contribution in [3.05, 3.63) is 28.2 Å². The van der Waals surface area contributed by atoms with Crippen LogP contribution in [-0.4, -0.2) is 31.6 Å². The zero-order valence-corrected chi connectivity index (χ0v) is 15.6. The molecule has 2 nitrogen and oxygen atoms in total. The van der Waals surface area contributed by atoms with Crippen LogP contribution >= 0.6 is 27.7 Å².